The standard InChI is InChI=1S/C10H13ClN2O5/c1-2-17-10(16)8(6(14)5-11)13-18-7-3-4-12-9(7)15/h7H,2-5H2,1H3,(H,12,15)/b13-8-. The predicted octanol–water partition coefficient (Wildman–Crippen LogP) is -0.381. The first-order valence-electron chi connectivity index (χ1n) is 5.38. The third kappa shape index (κ3) is 3.69. The molecule has 0 radical (unpaired) electrons. The number of nitrogens with one attached hydrogen (secondary N) is 1. The van der Waals surface area contributed by atoms with E-state index >= 15 is 0 Å². The molecule has 0 aliphatic carbocycles. The third-order valence-electron chi connectivity index (χ3n) is 2.12. The zero-order valence-electron chi connectivity index (χ0n) is 9.77. The normalized spacial score (nSPS) is 19.3. The van der Waals surface area contributed by atoms with Gasteiger partial charge in [-0.25, -0.2) is 4.79 Å². The molecule has 7 nitrogen and oxygen atoms in total. The first-order chi connectivity index (χ1) is 8.60. The summed E-state index contributed by atoms with van der Waals surface area (Å²) in [6.07, 6.45) is -0.370. The van der Waals surface area contributed by atoms with Gasteiger partial charge in [0.1, 0.15) is 0 Å². The van der Waals surface area contributed by atoms with Crippen LogP contribution in [0.15, 0.2) is 5.16 Å². The SMILES string of the molecule is CCOC(=O)/C(=N\OC1CCNC1=O)C(=O)CCl. The van der Waals surface area contributed by atoms with Crippen LogP contribution in [0.4, 0.5) is 0 Å². The number of nitrogens with zero attached hydrogens (tertiary/aromatic N) is 1. The summed E-state index contributed by atoms with van der Waals surface area (Å²) in [7, 11) is 0. The van der Waals surface area contributed by atoms with Crippen molar-refractivity contribution < 1.29 is 24.0 Å². The van der Waals surface area contributed by atoms with E-state index in [1.807, 2.05) is 0 Å². The fourth-order valence-corrected chi connectivity index (χ4v) is 1.38. The van der Waals surface area contributed by atoms with Gasteiger partial charge < -0.3 is 14.9 Å². The zero-order chi connectivity index (χ0) is 13.5. The second kappa shape index (κ2) is 6.95. The molecule has 0 spiro atoms. The highest BCUT2D eigenvalue weighted by atomic mass is 35.5. The molecule has 1 saturated heterocycles. The molecule has 0 aromatic rings. The van der Waals surface area contributed by atoms with E-state index in [0.717, 1.165) is 0 Å². The van der Waals surface area contributed by atoms with Crippen LogP contribution < -0.4 is 5.32 Å². The highest BCUT2D eigenvalue weighted by Gasteiger charge is 2.28. The number of amides is 1. The van der Waals surface area contributed by atoms with E-state index in [1.54, 1.807) is 6.92 Å². The molecular formula is C10H13ClN2O5. The molecule has 1 N–H and O–H groups in total. The van der Waals surface area contributed by atoms with Gasteiger partial charge in [-0.05, 0) is 6.92 Å². The van der Waals surface area contributed by atoms with Crippen LogP contribution in [0.3, 0.4) is 0 Å². The quantitative estimate of drug-likeness (QED) is 0.235. The van der Waals surface area contributed by atoms with Gasteiger partial charge in [0, 0.05) is 13.0 Å². The average Bonchev–Trinajstić information content (AvgIpc) is 2.75. The minimum absolute atomic E-state index is 0.0946. The van der Waals surface area contributed by atoms with E-state index < -0.39 is 29.4 Å². The number of Topliss-reactive ketones (excluding diaryl/α,β-unsaturated/α-hetero) is 1. The maximum Gasteiger partial charge on any atom is 0.364 e. The number of halogens is 1. The maximum atomic E-state index is 11.4. The van der Waals surface area contributed by atoms with Gasteiger partial charge in [-0.1, -0.05) is 5.16 Å². The van der Waals surface area contributed by atoms with Gasteiger partial charge in [0.15, 0.2) is 0 Å². The molecule has 1 fully saturated rings. The van der Waals surface area contributed by atoms with Crippen molar-refractivity contribution in [2.75, 3.05) is 19.0 Å². The molecule has 100 valence electrons. The second-order valence-electron chi connectivity index (χ2n) is 3.39. The lowest BCUT2D eigenvalue weighted by molar-refractivity contribution is -0.137. The Morgan fingerprint density at radius 2 is 2.28 bits per heavy atom. The van der Waals surface area contributed by atoms with Crippen LogP contribution in [0.2, 0.25) is 0 Å². The van der Waals surface area contributed by atoms with Crippen LogP contribution in [0.25, 0.3) is 0 Å². The number of esters is 1. The molecule has 0 aromatic carbocycles. The molecule has 18 heavy (non-hydrogen) atoms. The summed E-state index contributed by atoms with van der Waals surface area (Å²) < 4.78 is 4.64. The number of ether oxygens (including phenoxy) is 1. The number of ketones is 1. The lowest BCUT2D eigenvalue weighted by Crippen LogP contribution is -2.30. The first-order valence-corrected chi connectivity index (χ1v) is 5.91. The Hall–Kier alpha value is -1.63. The Kier molecular flexibility index (Phi) is 5.57. The van der Waals surface area contributed by atoms with Gasteiger partial charge in [-0.15, -0.1) is 11.6 Å². The summed E-state index contributed by atoms with van der Waals surface area (Å²) >= 11 is 5.34. The van der Waals surface area contributed by atoms with Gasteiger partial charge >= 0.3 is 5.97 Å². The minimum Gasteiger partial charge on any atom is -0.461 e. The molecule has 1 rings (SSSR count). The average molecular weight is 277 g/mol. The molecule has 8 heteroatoms. The summed E-state index contributed by atoms with van der Waals surface area (Å²) in [4.78, 5) is 38.8. The summed E-state index contributed by atoms with van der Waals surface area (Å²) in [5, 5.41) is 5.92. The molecule has 0 saturated carbocycles. The van der Waals surface area contributed by atoms with Crippen molar-refractivity contribution in [1.29, 1.82) is 0 Å². The lowest BCUT2D eigenvalue weighted by atomic mass is 10.3. The van der Waals surface area contributed by atoms with Crippen molar-refractivity contribution in [2.45, 2.75) is 19.4 Å². The number of rotatable bonds is 6. The number of hydrogen-bond donors (Lipinski definition) is 1. The van der Waals surface area contributed by atoms with Crippen molar-refractivity contribution in [1.82, 2.24) is 5.32 Å². The Morgan fingerprint density at radius 1 is 1.56 bits per heavy atom. The Balaban J connectivity index is 2.72. The van der Waals surface area contributed by atoms with Crippen LogP contribution >= 0.6 is 11.6 Å². The van der Waals surface area contributed by atoms with Gasteiger partial charge in [-0.2, -0.15) is 0 Å². The molecule has 1 amide bonds. The largest absolute Gasteiger partial charge is 0.461 e. The number of oxime groups is 1. The third-order valence-corrected chi connectivity index (χ3v) is 2.37. The van der Waals surface area contributed by atoms with Gasteiger partial charge in [0.25, 0.3) is 5.91 Å². The van der Waals surface area contributed by atoms with Gasteiger partial charge in [0.2, 0.25) is 17.6 Å². The van der Waals surface area contributed by atoms with Crippen LogP contribution in [0.1, 0.15) is 13.3 Å². The van der Waals surface area contributed by atoms with Crippen molar-refractivity contribution in [3.63, 3.8) is 0 Å². The Labute approximate surface area is 108 Å². The fourth-order valence-electron chi connectivity index (χ4n) is 1.25. The lowest BCUT2D eigenvalue weighted by Gasteiger charge is -2.06. The van der Waals surface area contributed by atoms with E-state index in [2.05, 4.69) is 15.2 Å². The van der Waals surface area contributed by atoms with E-state index in [0.29, 0.717) is 13.0 Å². The van der Waals surface area contributed by atoms with Crippen LogP contribution in [0.5, 0.6) is 0 Å². The molecule has 1 atom stereocenters. The molecule has 1 aliphatic rings. The fraction of sp³-hybridized carbons (Fsp3) is 0.600. The Bertz CT molecular complexity index is 382. The second-order valence-corrected chi connectivity index (χ2v) is 3.66. The van der Waals surface area contributed by atoms with Crippen LogP contribution in [-0.2, 0) is 24.0 Å². The molecular weight excluding hydrogens is 264 g/mol. The number of carbonyl (C=O) groups is 3. The zero-order valence-corrected chi connectivity index (χ0v) is 10.5. The van der Waals surface area contributed by atoms with E-state index in [4.69, 9.17) is 16.4 Å². The van der Waals surface area contributed by atoms with Gasteiger partial charge in [-0.3, -0.25) is 9.59 Å². The number of hydrogen-bond acceptors (Lipinski definition) is 6. The van der Waals surface area contributed by atoms with Gasteiger partial charge in [0.05, 0.1) is 12.5 Å². The summed E-state index contributed by atoms with van der Waals surface area (Å²) in [5.74, 6) is -2.38. The highest BCUT2D eigenvalue weighted by molar-refractivity contribution is 6.67. The van der Waals surface area contributed by atoms with Crippen LogP contribution in [-0.4, -0.2) is 48.5 Å². The molecule has 1 unspecified atom stereocenters. The van der Waals surface area contributed by atoms with E-state index in [1.165, 1.54) is 0 Å². The molecule has 1 aliphatic heterocycles. The monoisotopic (exact) mass is 276 g/mol. The minimum atomic E-state index is -0.915. The molecule has 0 bridgehead atoms. The molecule has 1 heterocycles. The first kappa shape index (κ1) is 14.4. The van der Waals surface area contributed by atoms with Crippen molar-refractivity contribution in [3.8, 4) is 0 Å². The van der Waals surface area contributed by atoms with E-state index in [9.17, 15) is 14.4 Å². The van der Waals surface area contributed by atoms with Crippen molar-refractivity contribution in [3.05, 3.63) is 0 Å². The smallest absolute Gasteiger partial charge is 0.364 e. The predicted molar refractivity (Wildman–Crippen MR) is 62.3 cm³/mol. The number of alkyl halides is 1. The summed E-state index contributed by atoms with van der Waals surface area (Å²) in [5.41, 5.74) is -0.536. The van der Waals surface area contributed by atoms with Crippen LogP contribution in [0, 0.1) is 0 Å². The maximum absolute atomic E-state index is 11.4. The van der Waals surface area contributed by atoms with Crippen molar-refractivity contribution in [2.24, 2.45) is 5.16 Å². The number of carbonyl (C=O) groups excluding carboxylic acids is 3. The Morgan fingerprint density at radius 3 is 2.78 bits per heavy atom. The van der Waals surface area contributed by atoms with Crippen molar-refractivity contribution >= 4 is 35.0 Å². The molecule has 0 aromatic heterocycles. The van der Waals surface area contributed by atoms with E-state index in [-0.39, 0.29) is 12.5 Å². The highest BCUT2D eigenvalue weighted by Crippen LogP contribution is 2.06. The summed E-state index contributed by atoms with van der Waals surface area (Å²) in [6.45, 7) is 2.15. The summed E-state index contributed by atoms with van der Waals surface area (Å²) in [6, 6.07) is 0. The topological polar surface area (TPSA) is 94.1 Å².